The van der Waals surface area contributed by atoms with Crippen LogP contribution in [0.5, 0.6) is 5.88 Å². The molecule has 3 heteroatoms. The molecule has 0 saturated heterocycles. The SMILES string of the molecule is Cc1ccc(-c2sc(C)nc2O)cc1. The van der Waals surface area contributed by atoms with Crippen molar-refractivity contribution in [3.63, 3.8) is 0 Å². The molecule has 1 heterocycles. The van der Waals surface area contributed by atoms with Crippen molar-refractivity contribution < 1.29 is 5.11 Å². The second-order valence-electron chi connectivity index (χ2n) is 3.25. The molecule has 2 aromatic rings. The van der Waals surface area contributed by atoms with Gasteiger partial charge in [0.2, 0.25) is 5.88 Å². The first-order valence-corrected chi connectivity index (χ1v) is 5.22. The van der Waals surface area contributed by atoms with Gasteiger partial charge in [-0.25, -0.2) is 4.98 Å². The van der Waals surface area contributed by atoms with Crippen LogP contribution in [0, 0.1) is 13.8 Å². The predicted molar refractivity (Wildman–Crippen MR) is 58.7 cm³/mol. The highest BCUT2D eigenvalue weighted by Gasteiger charge is 2.08. The lowest BCUT2D eigenvalue weighted by atomic mass is 10.1. The molecule has 0 fully saturated rings. The van der Waals surface area contributed by atoms with Crippen molar-refractivity contribution in [1.82, 2.24) is 4.98 Å². The van der Waals surface area contributed by atoms with Crippen LogP contribution in [0.3, 0.4) is 0 Å². The molecule has 0 amide bonds. The number of aromatic hydroxyl groups is 1. The molecule has 0 unspecified atom stereocenters. The molecule has 0 radical (unpaired) electrons. The summed E-state index contributed by atoms with van der Waals surface area (Å²) >= 11 is 1.51. The van der Waals surface area contributed by atoms with Crippen LogP contribution in [0.1, 0.15) is 10.6 Å². The van der Waals surface area contributed by atoms with E-state index in [4.69, 9.17) is 0 Å². The van der Waals surface area contributed by atoms with Crippen LogP contribution in [-0.2, 0) is 0 Å². The zero-order chi connectivity index (χ0) is 10.1. The van der Waals surface area contributed by atoms with E-state index in [-0.39, 0.29) is 5.88 Å². The van der Waals surface area contributed by atoms with Gasteiger partial charge in [-0.1, -0.05) is 29.8 Å². The quantitative estimate of drug-likeness (QED) is 0.775. The summed E-state index contributed by atoms with van der Waals surface area (Å²) in [5, 5.41) is 10.4. The van der Waals surface area contributed by atoms with Crippen molar-refractivity contribution in [3.05, 3.63) is 34.8 Å². The van der Waals surface area contributed by atoms with Gasteiger partial charge in [0.1, 0.15) is 0 Å². The van der Waals surface area contributed by atoms with Crippen molar-refractivity contribution >= 4 is 11.3 Å². The van der Waals surface area contributed by atoms with E-state index in [0.717, 1.165) is 15.4 Å². The minimum Gasteiger partial charge on any atom is -0.492 e. The normalized spacial score (nSPS) is 10.4. The first kappa shape index (κ1) is 9.21. The van der Waals surface area contributed by atoms with Crippen molar-refractivity contribution in [2.75, 3.05) is 0 Å². The fourth-order valence-corrected chi connectivity index (χ4v) is 2.13. The Morgan fingerprint density at radius 2 is 1.79 bits per heavy atom. The van der Waals surface area contributed by atoms with Gasteiger partial charge in [-0.05, 0) is 19.4 Å². The highest BCUT2D eigenvalue weighted by Crippen LogP contribution is 2.34. The molecule has 0 bridgehead atoms. The van der Waals surface area contributed by atoms with Crippen LogP contribution < -0.4 is 0 Å². The second kappa shape index (κ2) is 3.42. The number of hydrogen-bond donors (Lipinski definition) is 1. The zero-order valence-corrected chi connectivity index (χ0v) is 8.93. The van der Waals surface area contributed by atoms with Gasteiger partial charge in [0.05, 0.1) is 9.88 Å². The summed E-state index contributed by atoms with van der Waals surface area (Å²) in [5.41, 5.74) is 2.24. The fourth-order valence-electron chi connectivity index (χ4n) is 1.31. The average molecular weight is 205 g/mol. The Morgan fingerprint density at radius 1 is 1.14 bits per heavy atom. The van der Waals surface area contributed by atoms with Gasteiger partial charge >= 0.3 is 0 Å². The second-order valence-corrected chi connectivity index (χ2v) is 4.45. The maximum atomic E-state index is 9.55. The summed E-state index contributed by atoms with van der Waals surface area (Å²) in [6.45, 7) is 3.93. The van der Waals surface area contributed by atoms with Gasteiger partial charge in [0, 0.05) is 0 Å². The van der Waals surface area contributed by atoms with E-state index in [9.17, 15) is 5.11 Å². The largest absolute Gasteiger partial charge is 0.492 e. The number of thiazole rings is 1. The van der Waals surface area contributed by atoms with Crippen LogP contribution in [0.15, 0.2) is 24.3 Å². The molecule has 1 N–H and O–H groups in total. The molecule has 72 valence electrons. The van der Waals surface area contributed by atoms with Gasteiger partial charge in [-0.2, -0.15) is 0 Å². The smallest absolute Gasteiger partial charge is 0.230 e. The van der Waals surface area contributed by atoms with E-state index < -0.39 is 0 Å². The number of nitrogens with zero attached hydrogens (tertiary/aromatic N) is 1. The third-order valence-electron chi connectivity index (χ3n) is 2.03. The lowest BCUT2D eigenvalue weighted by molar-refractivity contribution is 0.458. The van der Waals surface area contributed by atoms with Crippen LogP contribution in [0.2, 0.25) is 0 Å². The van der Waals surface area contributed by atoms with Gasteiger partial charge in [-0.15, -0.1) is 11.3 Å². The standard InChI is InChI=1S/C11H11NOS/c1-7-3-5-9(6-4-7)10-11(13)12-8(2)14-10/h3-6,13H,1-2H3. The van der Waals surface area contributed by atoms with E-state index in [1.807, 2.05) is 38.1 Å². The summed E-state index contributed by atoms with van der Waals surface area (Å²) in [6.07, 6.45) is 0. The Kier molecular flexibility index (Phi) is 2.25. The van der Waals surface area contributed by atoms with Gasteiger partial charge in [0.15, 0.2) is 0 Å². The molecule has 2 rings (SSSR count). The van der Waals surface area contributed by atoms with Crippen LogP contribution >= 0.6 is 11.3 Å². The van der Waals surface area contributed by atoms with Gasteiger partial charge in [0.25, 0.3) is 0 Å². The first-order chi connectivity index (χ1) is 6.66. The summed E-state index contributed by atoms with van der Waals surface area (Å²) in [4.78, 5) is 4.83. The Bertz CT molecular complexity index is 445. The molecular formula is C11H11NOS. The van der Waals surface area contributed by atoms with E-state index in [1.54, 1.807) is 0 Å². The van der Waals surface area contributed by atoms with E-state index >= 15 is 0 Å². The third kappa shape index (κ3) is 1.63. The monoisotopic (exact) mass is 205 g/mol. The highest BCUT2D eigenvalue weighted by molar-refractivity contribution is 7.15. The van der Waals surface area contributed by atoms with Crippen LogP contribution in [-0.4, -0.2) is 10.1 Å². The highest BCUT2D eigenvalue weighted by atomic mass is 32.1. The number of rotatable bonds is 1. The lowest BCUT2D eigenvalue weighted by Gasteiger charge is -1.97. The molecule has 14 heavy (non-hydrogen) atoms. The maximum absolute atomic E-state index is 9.55. The van der Waals surface area contributed by atoms with Crippen molar-refractivity contribution in [3.8, 4) is 16.3 Å². The van der Waals surface area contributed by atoms with Crippen molar-refractivity contribution in [1.29, 1.82) is 0 Å². The summed E-state index contributed by atoms with van der Waals surface area (Å²) < 4.78 is 0. The molecule has 1 aromatic heterocycles. The average Bonchev–Trinajstić information content (AvgIpc) is 2.47. The Labute approximate surface area is 86.9 Å². The molecule has 0 aliphatic carbocycles. The fraction of sp³-hybridized carbons (Fsp3) is 0.182. The number of aromatic nitrogens is 1. The molecule has 0 aliphatic heterocycles. The molecule has 1 aromatic carbocycles. The first-order valence-electron chi connectivity index (χ1n) is 4.40. The predicted octanol–water partition coefficient (Wildman–Crippen LogP) is 3.13. The Balaban J connectivity index is 2.49. The van der Waals surface area contributed by atoms with Crippen molar-refractivity contribution in [2.24, 2.45) is 0 Å². The lowest BCUT2D eigenvalue weighted by Crippen LogP contribution is -1.74. The topological polar surface area (TPSA) is 33.1 Å². The van der Waals surface area contributed by atoms with Gasteiger partial charge in [-0.3, -0.25) is 0 Å². The summed E-state index contributed by atoms with van der Waals surface area (Å²) in [5.74, 6) is 0.136. The van der Waals surface area contributed by atoms with Gasteiger partial charge < -0.3 is 5.11 Å². The number of benzene rings is 1. The van der Waals surface area contributed by atoms with Crippen LogP contribution in [0.25, 0.3) is 10.4 Å². The van der Waals surface area contributed by atoms with E-state index in [0.29, 0.717) is 0 Å². The minimum absolute atomic E-state index is 0.136. The third-order valence-corrected chi connectivity index (χ3v) is 3.04. The summed E-state index contributed by atoms with van der Waals surface area (Å²) in [6, 6.07) is 8.07. The molecule has 2 nitrogen and oxygen atoms in total. The van der Waals surface area contributed by atoms with Crippen LogP contribution in [0.4, 0.5) is 0 Å². The summed E-state index contributed by atoms with van der Waals surface area (Å²) in [7, 11) is 0. The Morgan fingerprint density at radius 3 is 2.29 bits per heavy atom. The number of aryl methyl sites for hydroxylation is 2. The Hall–Kier alpha value is -1.35. The number of hydrogen-bond acceptors (Lipinski definition) is 3. The zero-order valence-electron chi connectivity index (χ0n) is 8.11. The molecule has 0 aliphatic rings. The van der Waals surface area contributed by atoms with E-state index in [2.05, 4.69) is 4.98 Å². The van der Waals surface area contributed by atoms with Crippen molar-refractivity contribution in [2.45, 2.75) is 13.8 Å². The maximum Gasteiger partial charge on any atom is 0.230 e. The molecular weight excluding hydrogens is 194 g/mol. The minimum atomic E-state index is 0.136. The molecule has 0 saturated carbocycles. The van der Waals surface area contributed by atoms with E-state index in [1.165, 1.54) is 16.9 Å². The molecule has 0 spiro atoms. The molecule has 0 atom stereocenters.